The number of ether oxygens (including phenoxy) is 1. The molecule has 1 aliphatic rings. The summed E-state index contributed by atoms with van der Waals surface area (Å²) in [5.41, 5.74) is -0.165. The first-order valence-corrected chi connectivity index (χ1v) is 5.65. The van der Waals surface area contributed by atoms with Gasteiger partial charge in [-0.15, -0.1) is 0 Å². The maximum atomic E-state index is 11.4. The van der Waals surface area contributed by atoms with Crippen LogP contribution in [0.2, 0.25) is 0 Å². The van der Waals surface area contributed by atoms with Crippen LogP contribution < -0.4 is 10.9 Å². The summed E-state index contributed by atoms with van der Waals surface area (Å²) in [6.07, 6.45) is 5.20. The predicted octanol–water partition coefficient (Wildman–Crippen LogP) is 0.997. The number of hydrogen-bond donors (Lipinski definition) is 2. The van der Waals surface area contributed by atoms with Gasteiger partial charge in [0.25, 0.3) is 5.56 Å². The molecular formula is C11H17N3O2. The number of H-pyrrole nitrogens is 1. The molecule has 16 heavy (non-hydrogen) atoms. The van der Waals surface area contributed by atoms with Gasteiger partial charge in [0, 0.05) is 31.6 Å². The Hall–Kier alpha value is -1.36. The molecule has 1 unspecified atom stereocenters. The zero-order valence-corrected chi connectivity index (χ0v) is 9.40. The largest absolute Gasteiger partial charge is 0.381 e. The van der Waals surface area contributed by atoms with Crippen LogP contribution in [0.25, 0.3) is 0 Å². The molecule has 1 saturated heterocycles. The van der Waals surface area contributed by atoms with Gasteiger partial charge in [-0.25, -0.2) is 4.98 Å². The summed E-state index contributed by atoms with van der Waals surface area (Å²) in [6, 6.07) is 0.250. The average molecular weight is 223 g/mol. The van der Waals surface area contributed by atoms with Gasteiger partial charge in [-0.2, -0.15) is 0 Å². The first kappa shape index (κ1) is 11.1. The first-order chi connectivity index (χ1) is 7.77. The van der Waals surface area contributed by atoms with E-state index in [0.717, 1.165) is 26.1 Å². The van der Waals surface area contributed by atoms with E-state index in [4.69, 9.17) is 4.74 Å². The second-order valence-electron chi connectivity index (χ2n) is 4.15. The molecule has 0 aliphatic carbocycles. The van der Waals surface area contributed by atoms with Gasteiger partial charge < -0.3 is 15.0 Å². The lowest BCUT2D eigenvalue weighted by atomic mass is 9.93. The third-order valence-corrected chi connectivity index (χ3v) is 3.05. The van der Waals surface area contributed by atoms with Crippen LogP contribution in [0.5, 0.6) is 0 Å². The maximum absolute atomic E-state index is 11.4. The second kappa shape index (κ2) is 5.12. The highest BCUT2D eigenvalue weighted by Gasteiger charge is 2.21. The summed E-state index contributed by atoms with van der Waals surface area (Å²) in [6.45, 7) is 3.72. The number of aromatic amines is 1. The van der Waals surface area contributed by atoms with Crippen LogP contribution in [0.4, 0.5) is 5.82 Å². The number of hydrogen-bond acceptors (Lipinski definition) is 4. The van der Waals surface area contributed by atoms with Crippen molar-refractivity contribution >= 4 is 5.82 Å². The summed E-state index contributed by atoms with van der Waals surface area (Å²) in [5, 5.41) is 3.17. The van der Waals surface area contributed by atoms with Crippen LogP contribution in [0.3, 0.4) is 0 Å². The highest BCUT2D eigenvalue weighted by Crippen LogP contribution is 2.20. The Morgan fingerprint density at radius 3 is 3.00 bits per heavy atom. The Bertz CT molecular complexity index is 385. The van der Waals surface area contributed by atoms with Gasteiger partial charge in [0.15, 0.2) is 5.82 Å². The molecule has 0 amide bonds. The Kier molecular flexibility index (Phi) is 3.56. The van der Waals surface area contributed by atoms with Gasteiger partial charge in [-0.05, 0) is 25.7 Å². The van der Waals surface area contributed by atoms with E-state index < -0.39 is 0 Å². The van der Waals surface area contributed by atoms with Crippen molar-refractivity contribution in [1.82, 2.24) is 9.97 Å². The number of nitrogens with one attached hydrogen (secondary N) is 2. The summed E-state index contributed by atoms with van der Waals surface area (Å²) < 4.78 is 5.31. The highest BCUT2D eigenvalue weighted by molar-refractivity contribution is 5.31. The fraction of sp³-hybridized carbons (Fsp3) is 0.636. The molecule has 2 heterocycles. The molecule has 1 aromatic heterocycles. The topological polar surface area (TPSA) is 67.0 Å². The van der Waals surface area contributed by atoms with Gasteiger partial charge in [0.2, 0.25) is 0 Å². The van der Waals surface area contributed by atoms with Crippen molar-refractivity contribution in [2.45, 2.75) is 25.8 Å². The van der Waals surface area contributed by atoms with Crippen molar-refractivity contribution in [3.63, 3.8) is 0 Å². The van der Waals surface area contributed by atoms with Crippen LogP contribution in [0.15, 0.2) is 17.2 Å². The number of nitrogens with zero attached hydrogens (tertiary/aromatic N) is 1. The molecule has 1 atom stereocenters. The van der Waals surface area contributed by atoms with E-state index >= 15 is 0 Å². The molecule has 0 aromatic carbocycles. The molecule has 5 nitrogen and oxygen atoms in total. The van der Waals surface area contributed by atoms with Crippen molar-refractivity contribution in [3.05, 3.63) is 22.7 Å². The fourth-order valence-corrected chi connectivity index (χ4v) is 2.00. The normalized spacial score (nSPS) is 19.3. The van der Waals surface area contributed by atoms with Crippen molar-refractivity contribution < 1.29 is 4.74 Å². The average Bonchev–Trinajstić information content (AvgIpc) is 2.33. The third-order valence-electron chi connectivity index (χ3n) is 3.05. The van der Waals surface area contributed by atoms with Crippen LogP contribution in [-0.2, 0) is 4.74 Å². The minimum absolute atomic E-state index is 0.165. The van der Waals surface area contributed by atoms with Crippen molar-refractivity contribution in [2.75, 3.05) is 18.5 Å². The van der Waals surface area contributed by atoms with E-state index in [2.05, 4.69) is 22.2 Å². The Labute approximate surface area is 94.2 Å². The lowest BCUT2D eigenvalue weighted by Crippen LogP contribution is -2.33. The molecule has 2 N–H and O–H groups in total. The smallest absolute Gasteiger partial charge is 0.290 e. The molecule has 5 heteroatoms. The highest BCUT2D eigenvalue weighted by atomic mass is 16.5. The zero-order valence-electron chi connectivity index (χ0n) is 9.40. The van der Waals surface area contributed by atoms with E-state index in [1.165, 1.54) is 6.20 Å². The quantitative estimate of drug-likeness (QED) is 0.802. The van der Waals surface area contributed by atoms with Gasteiger partial charge in [-0.1, -0.05) is 0 Å². The fourth-order valence-electron chi connectivity index (χ4n) is 2.00. The number of aromatic nitrogens is 2. The Morgan fingerprint density at radius 2 is 2.31 bits per heavy atom. The molecular weight excluding hydrogens is 206 g/mol. The van der Waals surface area contributed by atoms with E-state index in [9.17, 15) is 4.79 Å². The summed E-state index contributed by atoms with van der Waals surface area (Å²) >= 11 is 0. The monoisotopic (exact) mass is 223 g/mol. The molecule has 2 rings (SSSR count). The lowest BCUT2D eigenvalue weighted by molar-refractivity contribution is 0.0622. The van der Waals surface area contributed by atoms with Crippen molar-refractivity contribution in [1.29, 1.82) is 0 Å². The Balaban J connectivity index is 1.98. The number of anilines is 1. The van der Waals surface area contributed by atoms with Gasteiger partial charge in [0.1, 0.15) is 0 Å². The maximum Gasteiger partial charge on any atom is 0.290 e. The lowest BCUT2D eigenvalue weighted by Gasteiger charge is -2.28. The predicted molar refractivity (Wildman–Crippen MR) is 61.5 cm³/mol. The van der Waals surface area contributed by atoms with Crippen molar-refractivity contribution in [3.8, 4) is 0 Å². The molecule has 0 saturated carbocycles. The third kappa shape index (κ3) is 2.61. The second-order valence-corrected chi connectivity index (χ2v) is 4.15. The molecule has 1 fully saturated rings. The number of rotatable bonds is 3. The summed E-state index contributed by atoms with van der Waals surface area (Å²) in [5.74, 6) is 0.955. The minimum Gasteiger partial charge on any atom is -0.381 e. The SMILES string of the molecule is CC(Nc1ncc[nH]c1=O)C1CCOCC1. The van der Waals surface area contributed by atoms with Crippen molar-refractivity contribution in [2.24, 2.45) is 5.92 Å². The van der Waals surface area contributed by atoms with E-state index in [0.29, 0.717) is 11.7 Å². The molecule has 88 valence electrons. The Morgan fingerprint density at radius 1 is 1.56 bits per heavy atom. The van der Waals surface area contributed by atoms with Crippen LogP contribution in [0, 0.1) is 5.92 Å². The van der Waals surface area contributed by atoms with Crippen LogP contribution >= 0.6 is 0 Å². The van der Waals surface area contributed by atoms with E-state index in [1.54, 1.807) is 6.20 Å². The van der Waals surface area contributed by atoms with Gasteiger partial charge in [-0.3, -0.25) is 4.79 Å². The zero-order chi connectivity index (χ0) is 11.4. The van der Waals surface area contributed by atoms with Gasteiger partial charge in [0.05, 0.1) is 0 Å². The summed E-state index contributed by atoms with van der Waals surface area (Å²) in [4.78, 5) is 18.1. The minimum atomic E-state index is -0.165. The molecule has 1 aliphatic heterocycles. The standard InChI is InChI=1S/C11H17N3O2/c1-8(9-2-6-16-7-3-9)14-10-11(15)13-5-4-12-10/h4-5,8-9H,2-3,6-7H2,1H3,(H,12,14)(H,13,15). The van der Waals surface area contributed by atoms with Crippen LogP contribution in [0.1, 0.15) is 19.8 Å². The molecule has 0 spiro atoms. The first-order valence-electron chi connectivity index (χ1n) is 5.65. The summed E-state index contributed by atoms with van der Waals surface area (Å²) in [7, 11) is 0. The molecule has 0 bridgehead atoms. The van der Waals surface area contributed by atoms with E-state index in [-0.39, 0.29) is 11.6 Å². The molecule has 0 radical (unpaired) electrons. The molecule has 1 aromatic rings. The van der Waals surface area contributed by atoms with Gasteiger partial charge >= 0.3 is 0 Å². The van der Waals surface area contributed by atoms with Crippen LogP contribution in [-0.4, -0.2) is 29.2 Å². The van der Waals surface area contributed by atoms with E-state index in [1.807, 2.05) is 0 Å².